The molecule has 0 atom stereocenters. The molecule has 0 radical (unpaired) electrons. The summed E-state index contributed by atoms with van der Waals surface area (Å²) in [4.78, 5) is 38.8. The van der Waals surface area contributed by atoms with Crippen LogP contribution in [0.3, 0.4) is 0 Å². The maximum Gasteiger partial charge on any atom is 0.318 e. The summed E-state index contributed by atoms with van der Waals surface area (Å²) in [5.74, 6) is -0.709. The van der Waals surface area contributed by atoms with Crippen LogP contribution in [-0.2, 0) is 19.1 Å². The molecule has 7 nitrogen and oxygen atoms in total. The van der Waals surface area contributed by atoms with Gasteiger partial charge in [0.1, 0.15) is 17.4 Å². The van der Waals surface area contributed by atoms with E-state index in [9.17, 15) is 14.4 Å². The van der Waals surface area contributed by atoms with Gasteiger partial charge in [-0.25, -0.2) is 0 Å². The first-order valence-corrected chi connectivity index (χ1v) is 10.00. The van der Waals surface area contributed by atoms with Gasteiger partial charge < -0.3 is 19.7 Å². The number of nitrogens with zero attached hydrogens (tertiary/aromatic N) is 1. The number of carbonyl (C=O) groups is 3. The van der Waals surface area contributed by atoms with Crippen LogP contribution >= 0.6 is 0 Å². The molecule has 1 aliphatic rings. The van der Waals surface area contributed by atoms with Crippen molar-refractivity contribution in [1.29, 1.82) is 0 Å². The lowest BCUT2D eigenvalue weighted by Crippen LogP contribution is -2.44. The highest BCUT2D eigenvalue weighted by Gasteiger charge is 2.34. The van der Waals surface area contributed by atoms with Crippen LogP contribution in [0.25, 0.3) is 0 Å². The van der Waals surface area contributed by atoms with Gasteiger partial charge in [0, 0.05) is 23.7 Å². The summed E-state index contributed by atoms with van der Waals surface area (Å²) in [6.07, 6.45) is 0. The van der Waals surface area contributed by atoms with Gasteiger partial charge in [-0.2, -0.15) is 0 Å². The summed E-state index contributed by atoms with van der Waals surface area (Å²) in [5.41, 5.74) is 1.38. The van der Waals surface area contributed by atoms with E-state index < -0.39 is 24.4 Å². The van der Waals surface area contributed by atoms with Crippen LogP contribution in [0.5, 0.6) is 11.5 Å². The predicted octanol–water partition coefficient (Wildman–Crippen LogP) is 2.84. The number of fused-ring (bicyclic) bond motifs is 2. The van der Waals surface area contributed by atoms with Crippen molar-refractivity contribution in [3.05, 3.63) is 59.7 Å². The zero-order valence-corrected chi connectivity index (χ0v) is 17.4. The van der Waals surface area contributed by atoms with Crippen molar-refractivity contribution >= 4 is 17.8 Å². The maximum atomic E-state index is 13.0. The minimum Gasteiger partial charge on any atom is -0.457 e. The number of amides is 2. The maximum absolute atomic E-state index is 13.0. The Balaban J connectivity index is 1.70. The number of esters is 1. The fraction of sp³-hybridized carbons (Fsp3) is 0.348. The summed E-state index contributed by atoms with van der Waals surface area (Å²) in [7, 11) is 0. The fourth-order valence-electron chi connectivity index (χ4n) is 3.39. The average molecular weight is 410 g/mol. The summed E-state index contributed by atoms with van der Waals surface area (Å²) < 4.78 is 11.3. The number of nitrogens with one attached hydrogen (secondary N) is 1. The average Bonchev–Trinajstić information content (AvgIpc) is 2.73. The minimum atomic E-state index is -0.682. The Bertz CT molecular complexity index is 895. The van der Waals surface area contributed by atoms with E-state index in [1.165, 1.54) is 4.90 Å². The third kappa shape index (κ3) is 4.79. The summed E-state index contributed by atoms with van der Waals surface area (Å²) in [5, 5.41) is 2.75. The van der Waals surface area contributed by atoms with Crippen molar-refractivity contribution in [3.8, 4) is 11.5 Å². The standard InChI is InChI=1S/C23H26N2O5/c1-4-25(13-20(26)24-15(2)3)21(27)14-29-23(28)22-16-9-5-7-11-18(16)30-19-12-8-6-10-17(19)22/h5-12,15,22H,4,13-14H2,1-3H3,(H,24,26). The van der Waals surface area contributed by atoms with Crippen LogP contribution in [0.15, 0.2) is 48.5 Å². The van der Waals surface area contributed by atoms with Crippen molar-refractivity contribution in [2.75, 3.05) is 19.7 Å². The Kier molecular flexibility index (Phi) is 6.72. The van der Waals surface area contributed by atoms with Crippen LogP contribution in [0.4, 0.5) is 0 Å². The van der Waals surface area contributed by atoms with Gasteiger partial charge in [0.2, 0.25) is 5.91 Å². The molecule has 0 saturated heterocycles. The van der Waals surface area contributed by atoms with Crippen molar-refractivity contribution in [2.24, 2.45) is 0 Å². The summed E-state index contributed by atoms with van der Waals surface area (Å²) >= 11 is 0. The Labute approximate surface area is 176 Å². The van der Waals surface area contributed by atoms with E-state index in [-0.39, 0.29) is 18.5 Å². The molecule has 2 amide bonds. The molecule has 1 heterocycles. The highest BCUT2D eigenvalue weighted by Crippen LogP contribution is 2.44. The first-order valence-electron chi connectivity index (χ1n) is 10.00. The summed E-state index contributed by atoms with van der Waals surface area (Å²) in [6, 6.07) is 14.5. The molecule has 0 aromatic heterocycles. The van der Waals surface area contributed by atoms with E-state index in [1.807, 2.05) is 50.2 Å². The molecule has 2 aromatic rings. The van der Waals surface area contributed by atoms with E-state index in [4.69, 9.17) is 9.47 Å². The first kappa shape index (κ1) is 21.4. The lowest BCUT2D eigenvalue weighted by molar-refractivity contribution is -0.153. The van der Waals surface area contributed by atoms with Crippen LogP contribution in [0, 0.1) is 0 Å². The van der Waals surface area contributed by atoms with Crippen molar-refractivity contribution < 1.29 is 23.9 Å². The van der Waals surface area contributed by atoms with Gasteiger partial charge in [-0.15, -0.1) is 0 Å². The molecule has 158 valence electrons. The molecule has 0 aliphatic carbocycles. The second kappa shape index (κ2) is 9.43. The molecule has 3 rings (SSSR count). The third-order valence-electron chi connectivity index (χ3n) is 4.77. The molecule has 1 N–H and O–H groups in total. The molecular weight excluding hydrogens is 384 g/mol. The zero-order chi connectivity index (χ0) is 21.7. The Morgan fingerprint density at radius 3 is 2.13 bits per heavy atom. The lowest BCUT2D eigenvalue weighted by Gasteiger charge is -2.27. The van der Waals surface area contributed by atoms with Gasteiger partial charge >= 0.3 is 5.97 Å². The number of rotatable bonds is 7. The molecule has 0 unspecified atom stereocenters. The third-order valence-corrected chi connectivity index (χ3v) is 4.77. The van der Waals surface area contributed by atoms with E-state index >= 15 is 0 Å². The first-order chi connectivity index (χ1) is 14.4. The second-order valence-corrected chi connectivity index (χ2v) is 7.35. The predicted molar refractivity (Wildman–Crippen MR) is 111 cm³/mol. The molecule has 7 heteroatoms. The van der Waals surface area contributed by atoms with Crippen LogP contribution < -0.4 is 10.1 Å². The number of hydrogen-bond donors (Lipinski definition) is 1. The lowest BCUT2D eigenvalue weighted by atomic mass is 9.88. The van der Waals surface area contributed by atoms with Crippen LogP contribution in [0.2, 0.25) is 0 Å². The van der Waals surface area contributed by atoms with Crippen LogP contribution in [-0.4, -0.2) is 48.4 Å². The number of ether oxygens (including phenoxy) is 2. The SMILES string of the molecule is CCN(CC(=O)NC(C)C)C(=O)COC(=O)C1c2ccccc2Oc2ccccc21. The minimum absolute atomic E-state index is 0.0159. The van der Waals surface area contributed by atoms with Gasteiger partial charge in [-0.1, -0.05) is 36.4 Å². The highest BCUT2D eigenvalue weighted by molar-refractivity contribution is 5.89. The molecule has 0 bridgehead atoms. The van der Waals surface area contributed by atoms with Gasteiger partial charge in [0.25, 0.3) is 5.91 Å². The smallest absolute Gasteiger partial charge is 0.318 e. The fourth-order valence-corrected chi connectivity index (χ4v) is 3.39. The number of carbonyl (C=O) groups excluding carboxylic acids is 3. The van der Waals surface area contributed by atoms with E-state index in [1.54, 1.807) is 19.1 Å². The molecule has 1 aliphatic heterocycles. The highest BCUT2D eigenvalue weighted by atomic mass is 16.5. The number of hydrogen-bond acceptors (Lipinski definition) is 5. The van der Waals surface area contributed by atoms with Gasteiger partial charge in [-0.3, -0.25) is 14.4 Å². The molecule has 0 fully saturated rings. The Morgan fingerprint density at radius 1 is 1.03 bits per heavy atom. The monoisotopic (exact) mass is 410 g/mol. The number of benzene rings is 2. The normalized spacial score (nSPS) is 12.4. The topological polar surface area (TPSA) is 84.9 Å². The quantitative estimate of drug-likeness (QED) is 0.710. The number of para-hydroxylation sites is 2. The molecule has 30 heavy (non-hydrogen) atoms. The van der Waals surface area contributed by atoms with Gasteiger partial charge in [0.15, 0.2) is 6.61 Å². The van der Waals surface area contributed by atoms with Gasteiger partial charge in [-0.05, 0) is 32.9 Å². The van der Waals surface area contributed by atoms with Crippen molar-refractivity contribution in [2.45, 2.75) is 32.7 Å². The number of likely N-dealkylation sites (N-methyl/N-ethyl adjacent to an activating group) is 1. The summed E-state index contributed by atoms with van der Waals surface area (Å²) in [6.45, 7) is 5.30. The molecule has 0 spiro atoms. The van der Waals surface area contributed by atoms with Crippen molar-refractivity contribution in [3.63, 3.8) is 0 Å². The molecule has 2 aromatic carbocycles. The van der Waals surface area contributed by atoms with E-state index in [0.29, 0.717) is 29.2 Å². The molecular formula is C23H26N2O5. The van der Waals surface area contributed by atoms with E-state index in [2.05, 4.69) is 5.32 Å². The van der Waals surface area contributed by atoms with E-state index in [0.717, 1.165) is 0 Å². The zero-order valence-electron chi connectivity index (χ0n) is 17.4. The Morgan fingerprint density at radius 2 is 1.60 bits per heavy atom. The molecule has 0 saturated carbocycles. The largest absolute Gasteiger partial charge is 0.457 e. The Hall–Kier alpha value is -3.35. The van der Waals surface area contributed by atoms with Crippen LogP contribution in [0.1, 0.15) is 37.8 Å². The van der Waals surface area contributed by atoms with Gasteiger partial charge in [0.05, 0.1) is 6.54 Å². The second-order valence-electron chi connectivity index (χ2n) is 7.35. The van der Waals surface area contributed by atoms with Crippen molar-refractivity contribution in [1.82, 2.24) is 10.2 Å².